The molecule has 6 nitrogen and oxygen atoms in total. The predicted molar refractivity (Wildman–Crippen MR) is 74.3 cm³/mol. The number of ether oxygens (including phenoxy) is 3. The molecule has 0 spiro atoms. The molecule has 0 saturated heterocycles. The van der Waals surface area contributed by atoms with E-state index in [9.17, 15) is 9.90 Å². The number of benzene rings is 2. The van der Waals surface area contributed by atoms with E-state index in [0.717, 1.165) is 0 Å². The fraction of sp³-hybridized carbons (Fsp3) is 0.133. The molecule has 3 aromatic rings. The first-order valence-electron chi connectivity index (χ1n) is 6.26. The Morgan fingerprint density at radius 2 is 2.14 bits per heavy atom. The molecule has 106 valence electrons. The van der Waals surface area contributed by atoms with Gasteiger partial charge in [-0.15, -0.1) is 0 Å². The van der Waals surface area contributed by atoms with E-state index in [1.807, 2.05) is 0 Å². The van der Waals surface area contributed by atoms with Crippen molar-refractivity contribution >= 4 is 21.9 Å². The van der Waals surface area contributed by atoms with Crippen molar-refractivity contribution in [3.05, 3.63) is 34.5 Å². The third-order valence-electron chi connectivity index (χ3n) is 3.48. The van der Waals surface area contributed by atoms with E-state index in [1.54, 1.807) is 18.2 Å². The fourth-order valence-corrected chi connectivity index (χ4v) is 2.51. The highest BCUT2D eigenvalue weighted by Crippen LogP contribution is 2.45. The molecule has 0 aliphatic carbocycles. The van der Waals surface area contributed by atoms with Gasteiger partial charge in [0.25, 0.3) is 0 Å². The molecule has 0 fully saturated rings. The van der Waals surface area contributed by atoms with E-state index in [-0.39, 0.29) is 34.7 Å². The summed E-state index contributed by atoms with van der Waals surface area (Å²) in [6, 6.07) is 6.54. The van der Waals surface area contributed by atoms with Crippen LogP contribution in [0.3, 0.4) is 0 Å². The van der Waals surface area contributed by atoms with Crippen molar-refractivity contribution < 1.29 is 23.7 Å². The molecule has 2 aromatic carbocycles. The zero-order valence-corrected chi connectivity index (χ0v) is 11.0. The van der Waals surface area contributed by atoms with Gasteiger partial charge in [0, 0.05) is 6.07 Å². The minimum Gasteiger partial charge on any atom is -0.504 e. The zero-order chi connectivity index (χ0) is 14.6. The number of phenolic OH excluding ortho intramolecular Hbond substituents is 1. The maximum Gasteiger partial charge on any atom is 0.231 e. The lowest BCUT2D eigenvalue weighted by atomic mass is 10.1. The maximum atomic E-state index is 12.6. The summed E-state index contributed by atoms with van der Waals surface area (Å²) in [6.07, 6.45) is 0. The number of para-hydroxylation sites is 1. The lowest BCUT2D eigenvalue weighted by molar-refractivity contribution is 0.171. The van der Waals surface area contributed by atoms with Gasteiger partial charge < -0.3 is 23.7 Å². The van der Waals surface area contributed by atoms with E-state index in [4.69, 9.17) is 18.6 Å². The molecule has 0 atom stereocenters. The summed E-state index contributed by atoms with van der Waals surface area (Å²) in [6.45, 7) is -0.00372. The lowest BCUT2D eigenvalue weighted by Gasteiger charge is -2.08. The fourth-order valence-electron chi connectivity index (χ4n) is 2.51. The van der Waals surface area contributed by atoms with Gasteiger partial charge in [0.2, 0.25) is 18.0 Å². The van der Waals surface area contributed by atoms with E-state index in [1.165, 1.54) is 13.2 Å². The Morgan fingerprint density at radius 3 is 2.95 bits per heavy atom. The number of rotatable bonds is 1. The van der Waals surface area contributed by atoms with Crippen LogP contribution in [0.15, 0.2) is 33.5 Å². The number of phenols is 1. The lowest BCUT2D eigenvalue weighted by Crippen LogP contribution is -2.03. The van der Waals surface area contributed by atoms with Crippen molar-refractivity contribution in [3.63, 3.8) is 0 Å². The second-order valence-corrected chi connectivity index (χ2v) is 4.60. The summed E-state index contributed by atoms with van der Waals surface area (Å²) in [5, 5.41) is 10.6. The second kappa shape index (κ2) is 4.05. The summed E-state index contributed by atoms with van der Waals surface area (Å²) in [4.78, 5) is 12.6. The van der Waals surface area contributed by atoms with Gasteiger partial charge in [-0.25, -0.2) is 0 Å². The molecule has 0 radical (unpaired) electrons. The highest BCUT2D eigenvalue weighted by Gasteiger charge is 2.25. The first-order valence-corrected chi connectivity index (χ1v) is 6.26. The third kappa shape index (κ3) is 1.50. The van der Waals surface area contributed by atoms with Crippen molar-refractivity contribution in [2.24, 2.45) is 0 Å². The molecule has 2 heterocycles. The summed E-state index contributed by atoms with van der Waals surface area (Å²) in [7, 11) is 1.50. The molecule has 21 heavy (non-hydrogen) atoms. The van der Waals surface area contributed by atoms with Crippen molar-refractivity contribution in [2.45, 2.75) is 0 Å². The van der Waals surface area contributed by atoms with Crippen LogP contribution in [0.5, 0.6) is 23.0 Å². The maximum absolute atomic E-state index is 12.6. The van der Waals surface area contributed by atoms with Crippen LogP contribution in [-0.2, 0) is 0 Å². The Balaban J connectivity index is 2.23. The molecule has 1 aliphatic rings. The van der Waals surface area contributed by atoms with Crippen LogP contribution in [0.25, 0.3) is 21.9 Å². The first kappa shape index (κ1) is 11.9. The number of aromatic hydroxyl groups is 1. The molecule has 1 aromatic heterocycles. The monoisotopic (exact) mass is 286 g/mol. The van der Waals surface area contributed by atoms with Crippen LogP contribution in [0.1, 0.15) is 0 Å². The minimum absolute atomic E-state index is 0.00372. The molecular weight excluding hydrogens is 276 g/mol. The number of methoxy groups -OCH3 is 1. The SMILES string of the molecule is COc1cccc2c(=O)c3c(O)c4c(cc3oc12)OCO4. The summed E-state index contributed by atoms with van der Waals surface area (Å²) in [5.74, 6) is 0.691. The average molecular weight is 286 g/mol. The van der Waals surface area contributed by atoms with Crippen LogP contribution in [0.2, 0.25) is 0 Å². The molecule has 0 unspecified atom stereocenters. The Labute approximate surface area is 118 Å². The normalized spacial score (nSPS) is 13.0. The molecule has 0 amide bonds. The molecule has 0 bridgehead atoms. The quantitative estimate of drug-likeness (QED) is 0.692. The van der Waals surface area contributed by atoms with Gasteiger partial charge in [-0.05, 0) is 12.1 Å². The average Bonchev–Trinajstić information content (AvgIpc) is 2.95. The van der Waals surface area contributed by atoms with Crippen LogP contribution in [-0.4, -0.2) is 19.0 Å². The molecule has 6 heteroatoms. The molecular formula is C15H10O6. The van der Waals surface area contributed by atoms with Gasteiger partial charge >= 0.3 is 0 Å². The number of fused-ring (bicyclic) bond motifs is 3. The zero-order valence-electron chi connectivity index (χ0n) is 11.0. The van der Waals surface area contributed by atoms with Gasteiger partial charge in [-0.3, -0.25) is 4.79 Å². The summed E-state index contributed by atoms with van der Waals surface area (Å²) in [5.41, 5.74) is 0.204. The Kier molecular flexibility index (Phi) is 2.29. The smallest absolute Gasteiger partial charge is 0.231 e. The Morgan fingerprint density at radius 1 is 1.29 bits per heavy atom. The largest absolute Gasteiger partial charge is 0.504 e. The van der Waals surface area contributed by atoms with E-state index < -0.39 is 0 Å². The Bertz CT molecular complexity index is 940. The van der Waals surface area contributed by atoms with E-state index in [2.05, 4.69) is 0 Å². The highest BCUT2D eigenvalue weighted by molar-refractivity contribution is 5.97. The topological polar surface area (TPSA) is 78.1 Å². The highest BCUT2D eigenvalue weighted by atomic mass is 16.7. The number of hydrogen-bond donors (Lipinski definition) is 1. The van der Waals surface area contributed by atoms with Gasteiger partial charge in [0.05, 0.1) is 12.5 Å². The number of hydrogen-bond acceptors (Lipinski definition) is 6. The third-order valence-corrected chi connectivity index (χ3v) is 3.48. The molecule has 4 rings (SSSR count). The van der Waals surface area contributed by atoms with Gasteiger partial charge in [0.1, 0.15) is 11.0 Å². The predicted octanol–water partition coefficient (Wildman–Crippen LogP) is 2.39. The van der Waals surface area contributed by atoms with Crippen LogP contribution >= 0.6 is 0 Å². The Hall–Kier alpha value is -2.89. The van der Waals surface area contributed by atoms with Crippen molar-refractivity contribution in [2.75, 3.05) is 13.9 Å². The van der Waals surface area contributed by atoms with Gasteiger partial charge in [0.15, 0.2) is 22.8 Å². The first-order chi connectivity index (χ1) is 10.2. The van der Waals surface area contributed by atoms with E-state index in [0.29, 0.717) is 22.5 Å². The standard InChI is InChI=1S/C15H10O6/c1-18-8-4-2-3-7-12(16)11-9(21-14(7)8)5-10-15(13(11)17)20-6-19-10/h2-5,17H,6H2,1H3. The van der Waals surface area contributed by atoms with Crippen molar-refractivity contribution in [1.29, 1.82) is 0 Å². The molecule has 1 aliphatic heterocycles. The van der Waals surface area contributed by atoms with Crippen LogP contribution in [0, 0.1) is 0 Å². The summed E-state index contributed by atoms with van der Waals surface area (Å²) < 4.78 is 21.3. The minimum atomic E-state index is -0.346. The molecule has 1 N–H and O–H groups in total. The van der Waals surface area contributed by atoms with Gasteiger partial charge in [-0.1, -0.05) is 6.07 Å². The van der Waals surface area contributed by atoms with E-state index >= 15 is 0 Å². The van der Waals surface area contributed by atoms with Gasteiger partial charge in [-0.2, -0.15) is 0 Å². The van der Waals surface area contributed by atoms with Crippen molar-refractivity contribution in [1.82, 2.24) is 0 Å². The molecule has 0 saturated carbocycles. The second-order valence-electron chi connectivity index (χ2n) is 4.60. The van der Waals surface area contributed by atoms with Crippen molar-refractivity contribution in [3.8, 4) is 23.0 Å². The summed E-state index contributed by atoms with van der Waals surface area (Å²) >= 11 is 0. The van der Waals surface area contributed by atoms with Crippen LogP contribution in [0.4, 0.5) is 0 Å². The van der Waals surface area contributed by atoms with Crippen LogP contribution < -0.4 is 19.6 Å².